The summed E-state index contributed by atoms with van der Waals surface area (Å²) in [5, 5.41) is 0.188. The van der Waals surface area contributed by atoms with Gasteiger partial charge in [0.15, 0.2) is 0 Å². The molecule has 0 fully saturated rings. The minimum atomic E-state index is -0.407. The second-order valence-corrected chi connectivity index (χ2v) is 13.0. The minimum absolute atomic E-state index is 0. The van der Waals surface area contributed by atoms with Crippen LogP contribution in [0.2, 0.25) is 0 Å². The van der Waals surface area contributed by atoms with Gasteiger partial charge in [-0.1, -0.05) is 110 Å². The second-order valence-electron chi connectivity index (χ2n) is 10.9. The molecule has 1 aliphatic carbocycles. The molecule has 7 heteroatoms. The van der Waals surface area contributed by atoms with Crippen LogP contribution in [0.4, 0.5) is 0 Å². The molecular weight excluding hydrogens is 567 g/mol. The van der Waals surface area contributed by atoms with Crippen molar-refractivity contribution in [1.82, 2.24) is 0 Å². The summed E-state index contributed by atoms with van der Waals surface area (Å²) in [4.78, 5) is 0. The Labute approximate surface area is 238 Å². The molecule has 1 aromatic rings. The van der Waals surface area contributed by atoms with E-state index in [0.717, 1.165) is 0 Å². The molecule has 0 atom stereocenters. The van der Waals surface area contributed by atoms with E-state index in [-0.39, 0.29) is 42.5 Å². The maximum absolute atomic E-state index is 7.50. The van der Waals surface area contributed by atoms with Gasteiger partial charge in [0.25, 0.3) is 0 Å². The molecule has 196 valence electrons. The molecule has 0 spiro atoms. The van der Waals surface area contributed by atoms with Crippen molar-refractivity contribution in [3.8, 4) is 0 Å². The van der Waals surface area contributed by atoms with Gasteiger partial charge in [-0.25, -0.2) is 0 Å². The van der Waals surface area contributed by atoms with Crippen LogP contribution in [0.1, 0.15) is 73.4 Å². The number of allylic oxidation sites excluding steroid dienone is 2. The molecule has 0 aromatic heterocycles. The molecule has 1 heterocycles. The zero-order chi connectivity index (χ0) is 29.5. The molecule has 2 aliphatic rings. The first-order chi connectivity index (χ1) is 16.8. The number of benzene rings is 1. The van der Waals surface area contributed by atoms with Gasteiger partial charge in [0, 0.05) is 26.2 Å². The Bertz CT molecular complexity index is 941. The predicted molar refractivity (Wildman–Crippen MR) is 139 cm³/mol. The van der Waals surface area contributed by atoms with Gasteiger partial charge in [0.2, 0.25) is 0 Å². The first kappa shape index (κ1) is 42.4. The van der Waals surface area contributed by atoms with Gasteiger partial charge in [0.05, 0.1) is 0 Å². The second kappa shape index (κ2) is 18.5. The third-order valence-electron chi connectivity index (χ3n) is 5.71. The van der Waals surface area contributed by atoms with Crippen LogP contribution in [-0.4, -0.2) is 5.16 Å². The summed E-state index contributed by atoms with van der Waals surface area (Å²) >= 11 is 0. The van der Waals surface area contributed by atoms with Crippen molar-refractivity contribution >= 4 is 20.1 Å². The van der Waals surface area contributed by atoms with Crippen molar-refractivity contribution < 1.29 is 44.3 Å². The first-order valence-electron chi connectivity index (χ1n) is 10.8. The molecule has 1 aromatic carbocycles. The van der Waals surface area contributed by atoms with Crippen LogP contribution in [0.25, 0.3) is 12.2 Å². The van der Waals surface area contributed by atoms with E-state index in [1.54, 1.807) is 11.1 Å². The fraction of sp³-hybridized carbons (Fsp3) is 0.433. The summed E-state index contributed by atoms with van der Waals surface area (Å²) in [6.45, 7) is 44.2. The van der Waals surface area contributed by atoms with Crippen molar-refractivity contribution in [2.45, 2.75) is 67.5 Å². The quantitative estimate of drug-likeness (QED) is 0.102. The zero-order valence-corrected chi connectivity index (χ0v) is 25.9. The number of hydrogen-bond donors (Lipinski definition) is 0. The fourth-order valence-corrected chi connectivity index (χ4v) is 8.23. The molecule has 0 amide bonds. The fourth-order valence-electron chi connectivity index (χ4n) is 4.91. The summed E-state index contributed by atoms with van der Waals surface area (Å²) in [5.41, 5.74) is 6.71. The van der Waals surface area contributed by atoms with Gasteiger partial charge in [0.1, 0.15) is 0 Å². The first-order valence-corrected chi connectivity index (χ1v) is 12.3. The Balaban J connectivity index is -0.000000444. The number of fused-ring (bicyclic) bond motifs is 1. The molecule has 0 bridgehead atoms. The Morgan fingerprint density at radius 3 is 1.05 bits per heavy atom. The Morgan fingerprint density at radius 1 is 0.568 bits per heavy atom. The monoisotopic (exact) mass is 604 g/mol. The molecular formula is C30H35MoO5P. The van der Waals surface area contributed by atoms with Gasteiger partial charge in [-0.05, 0) is 46.4 Å². The van der Waals surface area contributed by atoms with E-state index < -0.39 is 7.92 Å². The normalized spacial score (nSPS) is 14.5. The van der Waals surface area contributed by atoms with E-state index >= 15 is 0 Å². The van der Waals surface area contributed by atoms with Gasteiger partial charge in [-0.15, -0.1) is 0 Å². The van der Waals surface area contributed by atoms with Crippen LogP contribution < -0.4 is 0 Å². The van der Waals surface area contributed by atoms with Crippen molar-refractivity contribution in [1.29, 1.82) is 0 Å². The van der Waals surface area contributed by atoms with Crippen LogP contribution in [0.15, 0.2) is 47.0 Å². The minimum Gasteiger partial charge on any atom is 0 e. The van der Waals surface area contributed by atoms with Crippen LogP contribution >= 0.6 is 7.92 Å². The van der Waals surface area contributed by atoms with Crippen molar-refractivity contribution in [3.05, 3.63) is 91.4 Å². The third kappa shape index (κ3) is 9.82. The van der Waals surface area contributed by atoms with Gasteiger partial charge >= 0.3 is 56.5 Å². The summed E-state index contributed by atoms with van der Waals surface area (Å²) < 4.78 is 37.5. The molecule has 0 saturated heterocycles. The topological polar surface area (TPSA) is 99.5 Å². The predicted octanol–water partition coefficient (Wildman–Crippen LogP) is 8.12. The SMILES string of the molecule is CC(C)(C)C1=C(C(C)(C)C)C1(P1C=Cc2ccccc2C=C1)C(C)(C)C.[C-]#[O+].[C-]#[O+].[C-]#[O+].[C-]#[O+].[C-]#[O+].[Mo]. The Hall–Kier alpha value is -1.74. The molecule has 0 radical (unpaired) electrons. The van der Waals surface area contributed by atoms with E-state index in [9.17, 15) is 0 Å². The van der Waals surface area contributed by atoms with Crippen LogP contribution in [0.3, 0.4) is 0 Å². The maximum atomic E-state index is 7.50. The summed E-state index contributed by atoms with van der Waals surface area (Å²) in [5.74, 6) is 5.04. The van der Waals surface area contributed by atoms with Crippen LogP contribution in [0, 0.1) is 49.5 Å². The summed E-state index contributed by atoms with van der Waals surface area (Å²) in [6, 6.07) is 8.74. The maximum Gasteiger partial charge on any atom is 0 e. The van der Waals surface area contributed by atoms with Gasteiger partial charge < -0.3 is 0 Å². The standard InChI is InChI=1S/C25H35P.5CO.Mo/c1-22(2,3)20-21(23(4,5)6)25(20,24(7,8)9)26-16-14-18-12-10-11-13-19(18)15-17-26;5*1-2;/h10-17H,1-9H3;;;;;;. The summed E-state index contributed by atoms with van der Waals surface area (Å²) in [6.07, 6.45) is 4.74. The van der Waals surface area contributed by atoms with Crippen molar-refractivity contribution in [3.63, 3.8) is 0 Å². The Morgan fingerprint density at radius 2 is 0.838 bits per heavy atom. The average molecular weight is 603 g/mol. The Kier molecular flexibility index (Phi) is 21.2. The van der Waals surface area contributed by atoms with Crippen molar-refractivity contribution in [2.24, 2.45) is 16.2 Å². The number of rotatable bonds is 1. The van der Waals surface area contributed by atoms with E-state index in [1.165, 1.54) is 11.1 Å². The largest absolute Gasteiger partial charge is 0 e. The molecule has 0 saturated carbocycles. The van der Waals surface area contributed by atoms with E-state index in [4.69, 9.17) is 23.3 Å². The van der Waals surface area contributed by atoms with Gasteiger partial charge in [-0.2, -0.15) is 0 Å². The number of hydrogen-bond acceptors (Lipinski definition) is 0. The molecule has 1 aliphatic heterocycles. The summed E-state index contributed by atoms with van der Waals surface area (Å²) in [7, 11) is -0.407. The van der Waals surface area contributed by atoms with Crippen LogP contribution in [0.5, 0.6) is 0 Å². The van der Waals surface area contributed by atoms with Gasteiger partial charge in [-0.3, -0.25) is 0 Å². The molecule has 0 N–H and O–H groups in total. The third-order valence-corrected chi connectivity index (χ3v) is 8.54. The molecule has 5 nitrogen and oxygen atoms in total. The zero-order valence-electron chi connectivity index (χ0n) is 23.0. The molecule has 3 rings (SSSR count). The van der Waals surface area contributed by atoms with E-state index in [0.29, 0.717) is 0 Å². The molecule has 0 unspecified atom stereocenters. The van der Waals surface area contributed by atoms with Crippen molar-refractivity contribution in [2.75, 3.05) is 0 Å². The van der Waals surface area contributed by atoms with E-state index in [1.807, 2.05) is 0 Å². The molecule has 37 heavy (non-hydrogen) atoms. The smallest absolute Gasteiger partial charge is 0 e. The van der Waals surface area contributed by atoms with E-state index in [2.05, 4.69) is 144 Å². The van der Waals surface area contributed by atoms with Crippen LogP contribution in [-0.2, 0) is 44.3 Å². The average Bonchev–Trinajstić information content (AvgIpc) is 3.63.